The highest BCUT2D eigenvalue weighted by Gasteiger charge is 2.15. The average molecular weight is 433 g/mol. The van der Waals surface area contributed by atoms with E-state index in [1.165, 1.54) is 5.56 Å². The maximum atomic E-state index is 6.29. The highest BCUT2D eigenvalue weighted by molar-refractivity contribution is 6.34. The van der Waals surface area contributed by atoms with Crippen LogP contribution in [0.5, 0.6) is 11.5 Å². The highest BCUT2D eigenvalue weighted by atomic mass is 35.5. The minimum atomic E-state index is -0.207. The Kier molecular flexibility index (Phi) is 7.09. The van der Waals surface area contributed by atoms with Crippen LogP contribution in [0.3, 0.4) is 0 Å². The van der Waals surface area contributed by atoms with Gasteiger partial charge in [-0.05, 0) is 63.4 Å². The zero-order valence-corrected chi connectivity index (χ0v) is 18.5. The number of aryl methyl sites for hydroxylation is 1. The van der Waals surface area contributed by atoms with Gasteiger partial charge in [-0.2, -0.15) is 0 Å². The summed E-state index contributed by atoms with van der Waals surface area (Å²) in [7, 11) is 0. The summed E-state index contributed by atoms with van der Waals surface area (Å²) in [5, 5.41) is 1.15. The molecule has 6 heteroatoms. The van der Waals surface area contributed by atoms with Crippen molar-refractivity contribution in [2.75, 3.05) is 0 Å². The van der Waals surface area contributed by atoms with E-state index in [-0.39, 0.29) is 11.7 Å². The lowest BCUT2D eigenvalue weighted by molar-refractivity contribution is 0.131. The van der Waals surface area contributed by atoms with Crippen molar-refractivity contribution in [3.05, 3.63) is 76.8 Å². The Morgan fingerprint density at radius 2 is 1.83 bits per heavy atom. The molecular weight excluding hydrogens is 407 g/mol. The van der Waals surface area contributed by atoms with E-state index in [4.69, 9.17) is 32.7 Å². The molecule has 4 nitrogen and oxygen atoms in total. The Morgan fingerprint density at radius 3 is 2.48 bits per heavy atom. The lowest BCUT2D eigenvalue weighted by Gasteiger charge is -2.22. The van der Waals surface area contributed by atoms with Gasteiger partial charge >= 0.3 is 0 Å². The van der Waals surface area contributed by atoms with Crippen molar-refractivity contribution in [2.45, 2.75) is 51.9 Å². The number of hydrogen-bond donors (Lipinski definition) is 0. The Labute approximate surface area is 182 Å². The second kappa shape index (κ2) is 9.55. The van der Waals surface area contributed by atoms with Gasteiger partial charge in [-0.15, -0.1) is 0 Å². The molecule has 0 aliphatic carbocycles. The highest BCUT2D eigenvalue weighted by Crippen LogP contribution is 2.29. The van der Waals surface area contributed by atoms with Gasteiger partial charge in [-0.1, -0.05) is 35.3 Å². The summed E-state index contributed by atoms with van der Waals surface area (Å²) in [4.78, 5) is 4.12. The molecule has 0 aliphatic rings. The minimum absolute atomic E-state index is 0.0781. The van der Waals surface area contributed by atoms with E-state index >= 15 is 0 Å². The SMILES string of the molecule is CC(C)(C)Oc1ccc(CCC(Cn2ccnc2)Oc2cc(Cl)ccc2Cl)cc1. The van der Waals surface area contributed by atoms with Crippen molar-refractivity contribution >= 4 is 23.2 Å². The molecule has 0 spiro atoms. The first-order chi connectivity index (χ1) is 13.8. The molecule has 1 aromatic heterocycles. The molecule has 3 rings (SSSR count). The molecule has 1 unspecified atom stereocenters. The summed E-state index contributed by atoms with van der Waals surface area (Å²) in [5.74, 6) is 1.47. The van der Waals surface area contributed by atoms with Crippen LogP contribution in [-0.4, -0.2) is 21.3 Å². The van der Waals surface area contributed by atoms with Crippen molar-refractivity contribution in [3.8, 4) is 11.5 Å². The molecule has 1 heterocycles. The molecular formula is C23H26Cl2N2O2. The van der Waals surface area contributed by atoms with Gasteiger partial charge in [0, 0.05) is 23.5 Å². The first-order valence-corrected chi connectivity index (χ1v) is 10.4. The maximum absolute atomic E-state index is 6.29. The predicted octanol–water partition coefficient (Wildman–Crippen LogP) is 6.45. The number of halogens is 2. The van der Waals surface area contributed by atoms with Gasteiger partial charge in [-0.3, -0.25) is 0 Å². The third-order valence-corrected chi connectivity index (χ3v) is 4.81. The second-order valence-electron chi connectivity index (χ2n) is 7.97. The molecule has 0 N–H and O–H groups in total. The fourth-order valence-electron chi connectivity index (χ4n) is 2.97. The molecule has 0 saturated carbocycles. The normalized spacial score (nSPS) is 12.6. The van der Waals surface area contributed by atoms with Crippen molar-refractivity contribution in [1.82, 2.24) is 9.55 Å². The van der Waals surface area contributed by atoms with Gasteiger partial charge in [0.2, 0.25) is 0 Å². The molecule has 29 heavy (non-hydrogen) atoms. The fraction of sp³-hybridized carbons (Fsp3) is 0.348. The summed E-state index contributed by atoms with van der Waals surface area (Å²) >= 11 is 12.4. The van der Waals surface area contributed by atoms with E-state index in [1.807, 2.05) is 43.7 Å². The lowest BCUT2D eigenvalue weighted by atomic mass is 10.1. The standard InChI is InChI=1S/C23H26Cl2N2O2/c1-23(2,3)29-19-8-4-17(5-9-19)6-10-20(15-27-13-12-26-16-27)28-22-14-18(24)7-11-21(22)25/h4-5,7-9,11-14,16,20H,6,10,15H2,1-3H3. The molecule has 3 aromatic rings. The summed E-state index contributed by atoms with van der Waals surface area (Å²) < 4.78 is 14.1. The van der Waals surface area contributed by atoms with Crippen LogP contribution < -0.4 is 9.47 Å². The Hall–Kier alpha value is -2.17. The summed E-state index contributed by atoms with van der Waals surface area (Å²) in [6.07, 6.45) is 7.08. The summed E-state index contributed by atoms with van der Waals surface area (Å²) in [6.45, 7) is 6.80. The van der Waals surface area contributed by atoms with Crippen LogP contribution in [0.15, 0.2) is 61.2 Å². The molecule has 0 amide bonds. The molecule has 154 valence electrons. The van der Waals surface area contributed by atoms with Gasteiger partial charge < -0.3 is 14.0 Å². The van der Waals surface area contributed by atoms with E-state index in [9.17, 15) is 0 Å². The van der Waals surface area contributed by atoms with Crippen LogP contribution in [0.1, 0.15) is 32.8 Å². The van der Waals surface area contributed by atoms with E-state index in [1.54, 1.807) is 30.7 Å². The topological polar surface area (TPSA) is 36.3 Å². The van der Waals surface area contributed by atoms with Crippen LogP contribution in [-0.2, 0) is 13.0 Å². The van der Waals surface area contributed by atoms with Gasteiger partial charge in [0.15, 0.2) is 0 Å². The molecule has 0 bridgehead atoms. The van der Waals surface area contributed by atoms with Gasteiger partial charge in [0.1, 0.15) is 23.2 Å². The number of hydrogen-bond acceptors (Lipinski definition) is 3. The Bertz CT molecular complexity index is 904. The number of imidazole rings is 1. The van der Waals surface area contributed by atoms with Gasteiger partial charge in [0.05, 0.1) is 17.9 Å². The fourth-order valence-corrected chi connectivity index (χ4v) is 3.29. The third-order valence-electron chi connectivity index (χ3n) is 4.26. The van der Waals surface area contributed by atoms with Gasteiger partial charge in [0.25, 0.3) is 0 Å². The second-order valence-corrected chi connectivity index (χ2v) is 8.81. The first-order valence-electron chi connectivity index (χ1n) is 9.64. The van der Waals surface area contributed by atoms with Crippen molar-refractivity contribution in [2.24, 2.45) is 0 Å². The zero-order valence-electron chi connectivity index (χ0n) is 16.9. The third kappa shape index (κ3) is 6.98. The molecule has 0 saturated heterocycles. The number of ether oxygens (including phenoxy) is 2. The van der Waals surface area contributed by atoms with E-state index in [0.29, 0.717) is 22.3 Å². The number of aromatic nitrogens is 2. The van der Waals surface area contributed by atoms with Crippen LogP contribution in [0.25, 0.3) is 0 Å². The van der Waals surface area contributed by atoms with Crippen LogP contribution in [0.2, 0.25) is 10.0 Å². The molecule has 2 aromatic carbocycles. The molecule has 0 aliphatic heterocycles. The first kappa shape index (κ1) is 21.5. The summed E-state index contributed by atoms with van der Waals surface area (Å²) in [5.41, 5.74) is 1.02. The number of nitrogens with zero attached hydrogens (tertiary/aromatic N) is 2. The molecule has 0 radical (unpaired) electrons. The van der Waals surface area contributed by atoms with Crippen molar-refractivity contribution in [1.29, 1.82) is 0 Å². The zero-order chi connectivity index (χ0) is 20.9. The smallest absolute Gasteiger partial charge is 0.139 e. The average Bonchev–Trinajstić information content (AvgIpc) is 3.16. The largest absolute Gasteiger partial charge is 0.488 e. The Morgan fingerprint density at radius 1 is 1.07 bits per heavy atom. The van der Waals surface area contributed by atoms with Crippen LogP contribution in [0.4, 0.5) is 0 Å². The lowest BCUT2D eigenvalue weighted by Crippen LogP contribution is -2.24. The summed E-state index contributed by atoms with van der Waals surface area (Å²) in [6, 6.07) is 13.5. The monoisotopic (exact) mass is 432 g/mol. The number of benzene rings is 2. The quantitative estimate of drug-likeness (QED) is 0.410. The Balaban J connectivity index is 1.67. The van der Waals surface area contributed by atoms with Crippen LogP contribution in [0, 0.1) is 0 Å². The van der Waals surface area contributed by atoms with E-state index < -0.39 is 0 Å². The molecule has 1 atom stereocenters. The van der Waals surface area contributed by atoms with Crippen molar-refractivity contribution in [3.63, 3.8) is 0 Å². The predicted molar refractivity (Wildman–Crippen MR) is 118 cm³/mol. The maximum Gasteiger partial charge on any atom is 0.139 e. The van der Waals surface area contributed by atoms with E-state index in [0.717, 1.165) is 18.6 Å². The molecule has 0 fully saturated rings. The van der Waals surface area contributed by atoms with Crippen LogP contribution >= 0.6 is 23.2 Å². The number of rotatable bonds is 8. The van der Waals surface area contributed by atoms with E-state index in [2.05, 4.69) is 17.1 Å². The minimum Gasteiger partial charge on any atom is -0.488 e. The van der Waals surface area contributed by atoms with Crippen molar-refractivity contribution < 1.29 is 9.47 Å². The van der Waals surface area contributed by atoms with Gasteiger partial charge in [-0.25, -0.2) is 4.98 Å².